The average Bonchev–Trinajstić information content (AvgIpc) is 2.66. The van der Waals surface area contributed by atoms with Crippen molar-refractivity contribution in [1.82, 2.24) is 0 Å². The minimum atomic E-state index is -0.758. The van der Waals surface area contributed by atoms with E-state index in [0.717, 1.165) is 6.42 Å². The van der Waals surface area contributed by atoms with Crippen molar-refractivity contribution in [3.8, 4) is 0 Å². The second-order valence-corrected chi connectivity index (χ2v) is 6.31. The van der Waals surface area contributed by atoms with Crippen molar-refractivity contribution in [3.05, 3.63) is 63.6 Å². The molecular formula is C19H17Cl2NO5. The van der Waals surface area contributed by atoms with Gasteiger partial charge in [-0.3, -0.25) is 4.79 Å². The summed E-state index contributed by atoms with van der Waals surface area (Å²) < 4.78 is 9.96. The van der Waals surface area contributed by atoms with Gasteiger partial charge in [0.15, 0.2) is 6.61 Å². The van der Waals surface area contributed by atoms with Crippen LogP contribution in [0.4, 0.5) is 5.69 Å². The number of hydrogen-bond acceptors (Lipinski definition) is 5. The fourth-order valence-corrected chi connectivity index (χ4v) is 2.39. The molecule has 2 aromatic rings. The van der Waals surface area contributed by atoms with E-state index in [4.69, 9.17) is 32.7 Å². The van der Waals surface area contributed by atoms with Gasteiger partial charge in [-0.15, -0.1) is 0 Å². The lowest BCUT2D eigenvalue weighted by Gasteiger charge is -2.08. The molecule has 0 fully saturated rings. The van der Waals surface area contributed by atoms with Gasteiger partial charge in [0.2, 0.25) is 0 Å². The first-order valence-electron chi connectivity index (χ1n) is 8.10. The number of carbonyl (C=O) groups excluding carboxylic acids is 3. The van der Waals surface area contributed by atoms with Crippen LogP contribution in [0.25, 0.3) is 0 Å². The lowest BCUT2D eigenvalue weighted by atomic mass is 10.2. The highest BCUT2D eigenvalue weighted by molar-refractivity contribution is 6.35. The Balaban J connectivity index is 1.87. The van der Waals surface area contributed by atoms with Crippen LogP contribution in [0.5, 0.6) is 0 Å². The quantitative estimate of drug-likeness (QED) is 0.687. The molecule has 1 amide bonds. The number of rotatable bonds is 7. The van der Waals surface area contributed by atoms with Gasteiger partial charge in [-0.25, -0.2) is 9.59 Å². The second kappa shape index (κ2) is 9.94. The molecule has 0 aromatic heterocycles. The van der Waals surface area contributed by atoms with Crippen LogP contribution >= 0.6 is 23.2 Å². The van der Waals surface area contributed by atoms with Crippen LogP contribution in [0.3, 0.4) is 0 Å². The molecular weight excluding hydrogens is 393 g/mol. The van der Waals surface area contributed by atoms with E-state index in [1.165, 1.54) is 30.3 Å². The molecule has 0 bridgehead atoms. The number of halogens is 2. The SMILES string of the molecule is CCCOC(=O)c1ccc(NC(=O)COC(=O)c2cc(Cl)ccc2Cl)cc1. The van der Waals surface area contributed by atoms with Gasteiger partial charge in [0.05, 0.1) is 22.8 Å². The molecule has 0 aliphatic rings. The van der Waals surface area contributed by atoms with E-state index in [9.17, 15) is 14.4 Å². The Labute approximate surface area is 166 Å². The van der Waals surface area contributed by atoms with Crippen molar-refractivity contribution in [2.24, 2.45) is 0 Å². The van der Waals surface area contributed by atoms with Crippen molar-refractivity contribution >= 4 is 46.7 Å². The molecule has 0 radical (unpaired) electrons. The van der Waals surface area contributed by atoms with Crippen LogP contribution in [0.1, 0.15) is 34.1 Å². The molecule has 2 rings (SSSR count). The number of nitrogens with one attached hydrogen (secondary N) is 1. The Kier molecular flexibility index (Phi) is 7.64. The van der Waals surface area contributed by atoms with E-state index < -0.39 is 24.5 Å². The summed E-state index contributed by atoms with van der Waals surface area (Å²) in [5, 5.41) is 3.06. The summed E-state index contributed by atoms with van der Waals surface area (Å²) >= 11 is 11.7. The van der Waals surface area contributed by atoms with Crippen molar-refractivity contribution in [2.75, 3.05) is 18.5 Å². The third-order valence-corrected chi connectivity index (χ3v) is 3.89. The van der Waals surface area contributed by atoms with Crippen molar-refractivity contribution in [3.63, 3.8) is 0 Å². The monoisotopic (exact) mass is 409 g/mol. The standard InChI is InChI=1S/C19H17Cl2NO5/c1-2-9-26-18(24)12-3-6-14(7-4-12)22-17(23)11-27-19(25)15-10-13(20)5-8-16(15)21/h3-8,10H,2,9,11H2,1H3,(H,22,23). The zero-order chi connectivity index (χ0) is 19.8. The zero-order valence-corrected chi connectivity index (χ0v) is 16.0. The summed E-state index contributed by atoms with van der Waals surface area (Å²) in [6.07, 6.45) is 0.735. The average molecular weight is 410 g/mol. The van der Waals surface area contributed by atoms with E-state index in [2.05, 4.69) is 5.32 Å². The fraction of sp³-hybridized carbons (Fsp3) is 0.211. The zero-order valence-electron chi connectivity index (χ0n) is 14.5. The van der Waals surface area contributed by atoms with Gasteiger partial charge in [0.25, 0.3) is 5.91 Å². The molecule has 27 heavy (non-hydrogen) atoms. The van der Waals surface area contributed by atoms with Crippen molar-refractivity contribution < 1.29 is 23.9 Å². The summed E-state index contributed by atoms with van der Waals surface area (Å²) in [4.78, 5) is 35.6. The highest BCUT2D eigenvalue weighted by Crippen LogP contribution is 2.21. The predicted molar refractivity (Wildman–Crippen MR) is 102 cm³/mol. The summed E-state index contributed by atoms with van der Waals surface area (Å²) in [6.45, 7) is 1.75. The molecule has 8 heteroatoms. The van der Waals surface area contributed by atoms with Crippen LogP contribution in [-0.4, -0.2) is 31.1 Å². The smallest absolute Gasteiger partial charge is 0.340 e. The predicted octanol–water partition coefficient (Wildman–Crippen LogP) is 4.36. The fourth-order valence-electron chi connectivity index (χ4n) is 2.03. The van der Waals surface area contributed by atoms with Crippen LogP contribution in [-0.2, 0) is 14.3 Å². The minimum Gasteiger partial charge on any atom is -0.462 e. The number of amides is 1. The van der Waals surface area contributed by atoms with Crippen LogP contribution in [0, 0.1) is 0 Å². The number of esters is 2. The number of ether oxygens (including phenoxy) is 2. The third kappa shape index (κ3) is 6.27. The lowest BCUT2D eigenvalue weighted by Crippen LogP contribution is -2.21. The first-order valence-corrected chi connectivity index (χ1v) is 8.85. The van der Waals surface area contributed by atoms with E-state index in [1.807, 2.05) is 6.92 Å². The van der Waals surface area contributed by atoms with Crippen molar-refractivity contribution in [2.45, 2.75) is 13.3 Å². The maximum atomic E-state index is 12.0. The molecule has 0 spiro atoms. The van der Waals surface area contributed by atoms with Gasteiger partial charge in [-0.05, 0) is 48.9 Å². The van der Waals surface area contributed by atoms with Gasteiger partial charge >= 0.3 is 11.9 Å². The number of benzene rings is 2. The largest absolute Gasteiger partial charge is 0.462 e. The lowest BCUT2D eigenvalue weighted by molar-refractivity contribution is -0.119. The molecule has 1 N–H and O–H groups in total. The Morgan fingerprint density at radius 3 is 2.33 bits per heavy atom. The van der Waals surface area contributed by atoms with Crippen molar-refractivity contribution in [1.29, 1.82) is 0 Å². The molecule has 0 saturated heterocycles. The molecule has 0 saturated carbocycles. The van der Waals surface area contributed by atoms with E-state index in [-0.39, 0.29) is 10.6 Å². The molecule has 0 unspecified atom stereocenters. The Morgan fingerprint density at radius 1 is 0.963 bits per heavy atom. The summed E-state index contributed by atoms with van der Waals surface area (Å²) in [5.74, 6) is -1.73. The summed E-state index contributed by atoms with van der Waals surface area (Å²) in [7, 11) is 0. The van der Waals surface area contributed by atoms with Crippen LogP contribution in [0.15, 0.2) is 42.5 Å². The van der Waals surface area contributed by atoms with Crippen LogP contribution < -0.4 is 5.32 Å². The Bertz CT molecular complexity index is 836. The first kappa shape index (κ1) is 20.7. The minimum absolute atomic E-state index is 0.0758. The summed E-state index contributed by atoms with van der Waals surface area (Å²) in [5.41, 5.74) is 0.902. The van der Waals surface area contributed by atoms with Gasteiger partial charge in [0, 0.05) is 10.7 Å². The molecule has 6 nitrogen and oxygen atoms in total. The molecule has 142 valence electrons. The van der Waals surface area contributed by atoms with E-state index in [0.29, 0.717) is 22.9 Å². The van der Waals surface area contributed by atoms with Gasteiger partial charge in [0.1, 0.15) is 0 Å². The topological polar surface area (TPSA) is 81.7 Å². The highest BCUT2D eigenvalue weighted by atomic mass is 35.5. The van der Waals surface area contributed by atoms with E-state index in [1.54, 1.807) is 12.1 Å². The molecule has 2 aromatic carbocycles. The number of anilines is 1. The first-order chi connectivity index (χ1) is 12.9. The van der Waals surface area contributed by atoms with Gasteiger partial charge in [-0.2, -0.15) is 0 Å². The maximum absolute atomic E-state index is 12.0. The summed E-state index contributed by atoms with van der Waals surface area (Å²) in [6, 6.07) is 10.5. The third-order valence-electron chi connectivity index (χ3n) is 3.32. The Hall–Kier alpha value is -2.57. The second-order valence-electron chi connectivity index (χ2n) is 5.46. The number of hydrogen-bond donors (Lipinski definition) is 1. The molecule has 0 heterocycles. The maximum Gasteiger partial charge on any atom is 0.340 e. The van der Waals surface area contributed by atoms with Gasteiger partial charge < -0.3 is 14.8 Å². The van der Waals surface area contributed by atoms with E-state index >= 15 is 0 Å². The molecule has 0 aliphatic heterocycles. The molecule has 0 atom stereocenters. The van der Waals surface area contributed by atoms with Crippen LogP contribution in [0.2, 0.25) is 10.0 Å². The normalized spacial score (nSPS) is 10.2. The van der Waals surface area contributed by atoms with Gasteiger partial charge in [-0.1, -0.05) is 30.1 Å². The highest BCUT2D eigenvalue weighted by Gasteiger charge is 2.15. The number of carbonyl (C=O) groups is 3. The molecule has 0 aliphatic carbocycles. The Morgan fingerprint density at radius 2 is 1.67 bits per heavy atom.